The highest BCUT2D eigenvalue weighted by Crippen LogP contribution is 2.18. The lowest BCUT2D eigenvalue weighted by atomic mass is 10.1. The predicted octanol–water partition coefficient (Wildman–Crippen LogP) is 2.95. The van der Waals surface area contributed by atoms with Gasteiger partial charge in [-0.2, -0.15) is 0 Å². The van der Waals surface area contributed by atoms with Crippen LogP contribution in [-0.2, 0) is 4.74 Å². The van der Waals surface area contributed by atoms with Gasteiger partial charge in [0.05, 0.1) is 17.9 Å². The van der Waals surface area contributed by atoms with Crippen molar-refractivity contribution in [1.82, 2.24) is 15.1 Å². The molecule has 1 aromatic carbocycles. The van der Waals surface area contributed by atoms with Crippen molar-refractivity contribution in [1.29, 1.82) is 0 Å². The zero-order chi connectivity index (χ0) is 19.2. The number of aromatic nitrogens is 3. The lowest BCUT2D eigenvalue weighted by Gasteiger charge is -2.10. The number of esters is 1. The third-order valence-corrected chi connectivity index (χ3v) is 3.45. The average molecular weight is 367 g/mol. The Balaban J connectivity index is 1.77. The molecule has 0 spiro atoms. The fourth-order valence-corrected chi connectivity index (χ4v) is 2.27. The SMILES string of the molecule is CCOC(=O)c1ccccc1NC(=O)c1cc(Nc2cc(C)on2)ncn1. The summed E-state index contributed by atoms with van der Waals surface area (Å²) in [5.74, 6) is 0.473. The molecule has 3 aromatic rings. The first kappa shape index (κ1) is 18.1. The summed E-state index contributed by atoms with van der Waals surface area (Å²) in [6, 6.07) is 9.74. The number of nitrogens with zero attached hydrogens (tertiary/aromatic N) is 3. The van der Waals surface area contributed by atoms with E-state index in [-0.39, 0.29) is 17.9 Å². The highest BCUT2D eigenvalue weighted by molar-refractivity contribution is 6.07. The van der Waals surface area contributed by atoms with Crippen molar-refractivity contribution in [3.63, 3.8) is 0 Å². The predicted molar refractivity (Wildman–Crippen MR) is 96.9 cm³/mol. The van der Waals surface area contributed by atoms with E-state index in [4.69, 9.17) is 9.26 Å². The maximum atomic E-state index is 12.5. The van der Waals surface area contributed by atoms with E-state index in [9.17, 15) is 9.59 Å². The normalized spacial score (nSPS) is 10.3. The summed E-state index contributed by atoms with van der Waals surface area (Å²) in [5, 5.41) is 9.39. The highest BCUT2D eigenvalue weighted by atomic mass is 16.5. The first-order valence-electron chi connectivity index (χ1n) is 8.16. The Labute approximate surface area is 154 Å². The Morgan fingerprint density at radius 3 is 2.70 bits per heavy atom. The van der Waals surface area contributed by atoms with E-state index >= 15 is 0 Å². The van der Waals surface area contributed by atoms with Gasteiger partial charge in [0.25, 0.3) is 5.91 Å². The van der Waals surface area contributed by atoms with Gasteiger partial charge in [-0.1, -0.05) is 17.3 Å². The first-order chi connectivity index (χ1) is 13.1. The van der Waals surface area contributed by atoms with Gasteiger partial charge >= 0.3 is 5.97 Å². The Kier molecular flexibility index (Phi) is 5.41. The molecule has 138 valence electrons. The number of hydrogen-bond donors (Lipinski definition) is 2. The van der Waals surface area contributed by atoms with Crippen molar-refractivity contribution < 1.29 is 18.8 Å². The molecule has 0 unspecified atom stereocenters. The number of nitrogens with one attached hydrogen (secondary N) is 2. The molecule has 0 saturated heterocycles. The van der Waals surface area contributed by atoms with Gasteiger partial charge in [0.15, 0.2) is 5.82 Å². The molecular formula is C18H17N5O4. The van der Waals surface area contributed by atoms with E-state index in [1.807, 2.05) is 0 Å². The second kappa shape index (κ2) is 8.09. The number of rotatable bonds is 6. The van der Waals surface area contributed by atoms with E-state index in [2.05, 4.69) is 25.8 Å². The van der Waals surface area contributed by atoms with E-state index in [0.29, 0.717) is 23.1 Å². The Hall–Kier alpha value is -3.75. The maximum Gasteiger partial charge on any atom is 0.340 e. The smallest absolute Gasteiger partial charge is 0.340 e. The van der Waals surface area contributed by atoms with Crippen LogP contribution >= 0.6 is 0 Å². The van der Waals surface area contributed by atoms with Crippen LogP contribution in [0.3, 0.4) is 0 Å². The van der Waals surface area contributed by atoms with Crippen molar-refractivity contribution in [3.8, 4) is 0 Å². The van der Waals surface area contributed by atoms with Crippen LogP contribution in [0.15, 0.2) is 47.2 Å². The molecule has 0 atom stereocenters. The minimum atomic E-state index is -0.514. The van der Waals surface area contributed by atoms with Gasteiger partial charge in [-0.25, -0.2) is 14.8 Å². The van der Waals surface area contributed by atoms with Gasteiger partial charge < -0.3 is 19.9 Å². The van der Waals surface area contributed by atoms with E-state index < -0.39 is 11.9 Å². The molecule has 0 bridgehead atoms. The molecule has 3 rings (SSSR count). The number of ether oxygens (including phenoxy) is 1. The molecule has 0 fully saturated rings. The van der Waals surface area contributed by atoms with Gasteiger partial charge in [0.2, 0.25) is 0 Å². The first-order valence-corrected chi connectivity index (χ1v) is 8.16. The van der Waals surface area contributed by atoms with Crippen LogP contribution in [0.2, 0.25) is 0 Å². The fourth-order valence-electron chi connectivity index (χ4n) is 2.27. The number of amides is 1. The molecule has 2 aromatic heterocycles. The zero-order valence-corrected chi connectivity index (χ0v) is 14.7. The summed E-state index contributed by atoms with van der Waals surface area (Å²) in [6.07, 6.45) is 1.25. The average Bonchev–Trinajstić information content (AvgIpc) is 3.07. The summed E-state index contributed by atoms with van der Waals surface area (Å²) in [5.41, 5.74) is 0.714. The zero-order valence-electron chi connectivity index (χ0n) is 14.7. The van der Waals surface area contributed by atoms with Gasteiger partial charge in [0.1, 0.15) is 23.6 Å². The number of hydrogen-bond acceptors (Lipinski definition) is 8. The summed E-state index contributed by atoms with van der Waals surface area (Å²) in [7, 11) is 0. The second-order valence-corrected chi connectivity index (χ2v) is 5.46. The summed E-state index contributed by atoms with van der Waals surface area (Å²) in [4.78, 5) is 32.6. The van der Waals surface area contributed by atoms with Crippen molar-refractivity contribution >= 4 is 29.2 Å². The number of anilines is 3. The maximum absolute atomic E-state index is 12.5. The van der Waals surface area contributed by atoms with Crippen LogP contribution in [0.5, 0.6) is 0 Å². The van der Waals surface area contributed by atoms with Crippen LogP contribution in [0.4, 0.5) is 17.3 Å². The Morgan fingerprint density at radius 2 is 1.96 bits per heavy atom. The molecule has 9 heteroatoms. The van der Waals surface area contributed by atoms with Crippen molar-refractivity contribution in [3.05, 3.63) is 59.7 Å². The molecule has 0 aliphatic carbocycles. The van der Waals surface area contributed by atoms with Gasteiger partial charge in [-0.3, -0.25) is 4.79 Å². The van der Waals surface area contributed by atoms with Crippen molar-refractivity contribution in [2.75, 3.05) is 17.2 Å². The minimum absolute atomic E-state index is 0.117. The lowest BCUT2D eigenvalue weighted by molar-refractivity contribution is 0.0527. The number of carbonyl (C=O) groups is 2. The molecule has 1 amide bonds. The topological polar surface area (TPSA) is 119 Å². The molecule has 2 heterocycles. The third kappa shape index (κ3) is 4.46. The van der Waals surface area contributed by atoms with Crippen molar-refractivity contribution in [2.45, 2.75) is 13.8 Å². The summed E-state index contributed by atoms with van der Waals surface area (Å²) in [6.45, 7) is 3.71. The Morgan fingerprint density at radius 1 is 1.15 bits per heavy atom. The minimum Gasteiger partial charge on any atom is -0.462 e. The largest absolute Gasteiger partial charge is 0.462 e. The molecule has 2 N–H and O–H groups in total. The van der Waals surface area contributed by atoms with E-state index in [1.54, 1.807) is 44.2 Å². The van der Waals surface area contributed by atoms with Crippen LogP contribution in [0.25, 0.3) is 0 Å². The third-order valence-electron chi connectivity index (χ3n) is 3.45. The lowest BCUT2D eigenvalue weighted by Crippen LogP contribution is -2.17. The molecular weight excluding hydrogens is 350 g/mol. The van der Waals surface area contributed by atoms with E-state index in [0.717, 1.165) is 0 Å². The van der Waals surface area contributed by atoms with E-state index in [1.165, 1.54) is 12.4 Å². The molecule has 9 nitrogen and oxygen atoms in total. The second-order valence-electron chi connectivity index (χ2n) is 5.46. The summed E-state index contributed by atoms with van der Waals surface area (Å²) < 4.78 is 9.97. The number of aryl methyl sites for hydroxylation is 1. The number of para-hydroxylation sites is 1. The van der Waals surface area contributed by atoms with Gasteiger partial charge in [-0.05, 0) is 26.0 Å². The van der Waals surface area contributed by atoms with Crippen molar-refractivity contribution in [2.24, 2.45) is 0 Å². The monoisotopic (exact) mass is 367 g/mol. The van der Waals surface area contributed by atoms with Crippen LogP contribution in [-0.4, -0.2) is 33.6 Å². The Bertz CT molecular complexity index is 970. The molecule has 0 aliphatic rings. The standard InChI is InChI=1S/C18H17N5O4/c1-3-26-18(25)12-6-4-5-7-13(12)21-17(24)14-9-15(20-10-19-14)22-16-8-11(2)27-23-16/h4-10H,3H2,1-2H3,(H,21,24)(H,19,20,22,23). The van der Waals surface area contributed by atoms with Gasteiger partial charge in [-0.15, -0.1) is 0 Å². The van der Waals surface area contributed by atoms with Crippen LogP contribution in [0.1, 0.15) is 33.5 Å². The molecule has 0 radical (unpaired) electrons. The molecule has 27 heavy (non-hydrogen) atoms. The fraction of sp³-hybridized carbons (Fsp3) is 0.167. The number of benzene rings is 1. The summed E-state index contributed by atoms with van der Waals surface area (Å²) >= 11 is 0. The van der Waals surface area contributed by atoms with Crippen LogP contribution in [0, 0.1) is 6.92 Å². The van der Waals surface area contributed by atoms with Crippen LogP contribution < -0.4 is 10.6 Å². The number of carbonyl (C=O) groups excluding carboxylic acids is 2. The molecule has 0 aliphatic heterocycles. The molecule has 0 saturated carbocycles. The van der Waals surface area contributed by atoms with Gasteiger partial charge in [0, 0.05) is 12.1 Å². The highest BCUT2D eigenvalue weighted by Gasteiger charge is 2.16. The quantitative estimate of drug-likeness (QED) is 0.638.